The van der Waals surface area contributed by atoms with Crippen LogP contribution in [0.4, 0.5) is 28.7 Å². The first-order chi connectivity index (χ1) is 17.7. The number of rotatable bonds is 1. The summed E-state index contributed by atoms with van der Waals surface area (Å²) in [5.74, 6) is 1.28. The Kier molecular flexibility index (Phi) is 5.93. The predicted octanol–water partition coefficient (Wildman–Crippen LogP) is 5.36. The van der Waals surface area contributed by atoms with E-state index in [0.29, 0.717) is 37.0 Å². The SMILES string of the molecule is Cc1cccc2c1NCCN2c1cc2cnc3nc2n(c1=O)CCCCCCOc1cccc(c1)N3. The van der Waals surface area contributed by atoms with E-state index in [1.807, 2.05) is 47.2 Å². The Labute approximate surface area is 210 Å². The van der Waals surface area contributed by atoms with Gasteiger partial charge in [-0.2, -0.15) is 4.98 Å². The third kappa shape index (κ3) is 4.23. The molecule has 36 heavy (non-hydrogen) atoms. The Balaban J connectivity index is 1.47. The zero-order valence-electron chi connectivity index (χ0n) is 20.5. The monoisotopic (exact) mass is 482 g/mol. The molecule has 8 heteroatoms. The molecule has 2 aliphatic heterocycles. The quantitative estimate of drug-likeness (QED) is 0.378. The van der Waals surface area contributed by atoms with Crippen molar-refractivity contribution in [2.45, 2.75) is 39.2 Å². The molecule has 2 aromatic heterocycles. The Morgan fingerprint density at radius 1 is 0.972 bits per heavy atom. The molecule has 0 unspecified atom stereocenters. The minimum absolute atomic E-state index is 0.0175. The van der Waals surface area contributed by atoms with Gasteiger partial charge in [0.15, 0.2) is 0 Å². The van der Waals surface area contributed by atoms with Crippen LogP contribution in [0.2, 0.25) is 0 Å². The number of fused-ring (bicyclic) bond motifs is 4. The first-order valence-electron chi connectivity index (χ1n) is 12.7. The number of nitrogens with one attached hydrogen (secondary N) is 2. The van der Waals surface area contributed by atoms with Crippen molar-refractivity contribution in [1.29, 1.82) is 0 Å². The van der Waals surface area contributed by atoms with E-state index in [4.69, 9.17) is 9.72 Å². The van der Waals surface area contributed by atoms with E-state index < -0.39 is 0 Å². The summed E-state index contributed by atoms with van der Waals surface area (Å²) in [6, 6.07) is 16.0. The fourth-order valence-electron chi connectivity index (χ4n) is 5.08. The Morgan fingerprint density at radius 3 is 2.81 bits per heavy atom. The molecule has 2 N–H and O–H groups in total. The number of hydrogen-bond donors (Lipinski definition) is 2. The van der Waals surface area contributed by atoms with Crippen LogP contribution in [-0.2, 0) is 6.54 Å². The van der Waals surface area contributed by atoms with E-state index >= 15 is 0 Å². The van der Waals surface area contributed by atoms with Crippen LogP contribution in [0.3, 0.4) is 0 Å². The average molecular weight is 483 g/mol. The normalized spacial score (nSPS) is 15.8. The zero-order chi connectivity index (χ0) is 24.5. The second-order valence-corrected chi connectivity index (χ2v) is 9.42. The van der Waals surface area contributed by atoms with Crippen LogP contribution < -0.4 is 25.8 Å². The number of aryl methyl sites for hydroxylation is 2. The molecule has 184 valence electrons. The van der Waals surface area contributed by atoms with E-state index in [1.165, 1.54) is 5.56 Å². The molecule has 8 nitrogen and oxygen atoms in total. The van der Waals surface area contributed by atoms with Crippen LogP contribution in [0.25, 0.3) is 11.0 Å². The smallest absolute Gasteiger partial charge is 0.276 e. The molecule has 0 saturated heterocycles. The molecular formula is C28H30N6O2. The van der Waals surface area contributed by atoms with Gasteiger partial charge in [0.25, 0.3) is 5.56 Å². The van der Waals surface area contributed by atoms with Crippen molar-refractivity contribution < 1.29 is 4.74 Å². The van der Waals surface area contributed by atoms with Crippen molar-refractivity contribution in [3.63, 3.8) is 0 Å². The van der Waals surface area contributed by atoms with Crippen LogP contribution in [-0.4, -0.2) is 34.2 Å². The van der Waals surface area contributed by atoms with E-state index in [9.17, 15) is 4.79 Å². The molecule has 2 aromatic carbocycles. The van der Waals surface area contributed by atoms with Crippen molar-refractivity contribution in [2.24, 2.45) is 0 Å². The van der Waals surface area contributed by atoms with Gasteiger partial charge in [0.05, 0.1) is 18.0 Å². The van der Waals surface area contributed by atoms with Crippen molar-refractivity contribution in [3.8, 4) is 5.75 Å². The van der Waals surface area contributed by atoms with Crippen LogP contribution in [0.15, 0.2) is 59.5 Å². The topological polar surface area (TPSA) is 84.3 Å². The number of ether oxygens (including phenoxy) is 1. The van der Waals surface area contributed by atoms with Gasteiger partial charge in [-0.3, -0.25) is 9.36 Å². The molecule has 0 aliphatic carbocycles. The predicted molar refractivity (Wildman–Crippen MR) is 144 cm³/mol. The number of para-hydroxylation sites is 1. The Morgan fingerprint density at radius 2 is 1.86 bits per heavy atom. The summed E-state index contributed by atoms with van der Waals surface area (Å²) in [4.78, 5) is 25.5. The number of benzene rings is 2. The molecule has 0 amide bonds. The number of aromatic nitrogens is 3. The molecule has 0 fully saturated rings. The third-order valence-electron chi connectivity index (χ3n) is 6.91. The molecular weight excluding hydrogens is 452 g/mol. The van der Waals surface area contributed by atoms with Crippen LogP contribution in [0.1, 0.15) is 31.2 Å². The second-order valence-electron chi connectivity index (χ2n) is 9.42. The van der Waals surface area contributed by atoms with Gasteiger partial charge in [-0.05, 0) is 49.6 Å². The summed E-state index contributed by atoms with van der Waals surface area (Å²) in [7, 11) is 0. The molecule has 0 saturated carbocycles. The minimum atomic E-state index is -0.0175. The largest absolute Gasteiger partial charge is 0.494 e. The summed E-state index contributed by atoms with van der Waals surface area (Å²) < 4.78 is 7.75. The van der Waals surface area contributed by atoms with Gasteiger partial charge in [0, 0.05) is 43.0 Å². The zero-order valence-corrected chi connectivity index (χ0v) is 20.5. The van der Waals surface area contributed by atoms with Gasteiger partial charge in [0.2, 0.25) is 5.95 Å². The molecule has 0 spiro atoms. The minimum Gasteiger partial charge on any atom is -0.494 e. The average Bonchev–Trinajstić information content (AvgIpc) is 2.89. The first kappa shape index (κ1) is 22.4. The lowest BCUT2D eigenvalue weighted by molar-refractivity contribution is 0.304. The molecule has 4 bridgehead atoms. The molecule has 0 radical (unpaired) electrons. The standard InChI is InChI=1S/C28H30N6O2/c1-19-8-6-11-23-25(19)29-12-14-33(23)24-16-20-18-30-28-31-21-9-7-10-22(17-21)36-15-5-3-2-4-13-34(27(24)35)26(20)32-28/h6-11,16-18,29H,2-5,12-15H2,1H3,(H,30,31,32). The lowest BCUT2D eigenvalue weighted by atomic mass is 10.1. The lowest BCUT2D eigenvalue weighted by Gasteiger charge is -2.33. The number of anilines is 5. The van der Waals surface area contributed by atoms with E-state index in [1.54, 1.807) is 0 Å². The molecule has 0 atom stereocenters. The maximum atomic E-state index is 14.0. The van der Waals surface area contributed by atoms with Gasteiger partial charge in [-0.1, -0.05) is 31.0 Å². The van der Waals surface area contributed by atoms with Gasteiger partial charge in [0.1, 0.15) is 17.1 Å². The highest BCUT2D eigenvalue weighted by atomic mass is 16.5. The summed E-state index contributed by atoms with van der Waals surface area (Å²) in [5.41, 5.74) is 5.43. The fraction of sp³-hybridized carbons (Fsp3) is 0.321. The summed E-state index contributed by atoms with van der Waals surface area (Å²) in [5, 5.41) is 7.63. The molecule has 6 rings (SSSR count). The van der Waals surface area contributed by atoms with Crippen molar-refractivity contribution in [2.75, 3.05) is 35.2 Å². The van der Waals surface area contributed by atoms with E-state index in [-0.39, 0.29) is 5.56 Å². The fourth-order valence-corrected chi connectivity index (χ4v) is 5.08. The maximum Gasteiger partial charge on any atom is 0.276 e. The van der Waals surface area contributed by atoms with Crippen LogP contribution >= 0.6 is 0 Å². The number of hydrogen-bond acceptors (Lipinski definition) is 7. The van der Waals surface area contributed by atoms with Gasteiger partial charge in [-0.15, -0.1) is 0 Å². The third-order valence-corrected chi connectivity index (χ3v) is 6.91. The summed E-state index contributed by atoms with van der Waals surface area (Å²) >= 11 is 0. The van der Waals surface area contributed by atoms with Crippen LogP contribution in [0.5, 0.6) is 5.75 Å². The van der Waals surface area contributed by atoms with Gasteiger partial charge >= 0.3 is 0 Å². The van der Waals surface area contributed by atoms with Crippen LogP contribution in [0, 0.1) is 6.92 Å². The maximum absolute atomic E-state index is 14.0. The molecule has 2 aliphatic rings. The van der Waals surface area contributed by atoms with E-state index in [2.05, 4.69) is 39.6 Å². The van der Waals surface area contributed by atoms with Gasteiger partial charge in [-0.25, -0.2) is 4.98 Å². The Hall–Kier alpha value is -4.07. The summed E-state index contributed by atoms with van der Waals surface area (Å²) in [6.45, 7) is 4.87. The molecule has 4 heterocycles. The number of pyridine rings is 1. The second kappa shape index (κ2) is 9.53. The highest BCUT2D eigenvalue weighted by Crippen LogP contribution is 2.36. The van der Waals surface area contributed by atoms with Crippen molar-refractivity contribution >= 4 is 39.7 Å². The highest BCUT2D eigenvalue weighted by molar-refractivity contribution is 5.85. The first-order valence-corrected chi connectivity index (χ1v) is 12.7. The van der Waals surface area contributed by atoms with Crippen molar-refractivity contribution in [1.82, 2.24) is 14.5 Å². The van der Waals surface area contributed by atoms with Gasteiger partial charge < -0.3 is 20.3 Å². The highest BCUT2D eigenvalue weighted by Gasteiger charge is 2.23. The van der Waals surface area contributed by atoms with E-state index in [0.717, 1.165) is 60.4 Å². The van der Waals surface area contributed by atoms with Crippen molar-refractivity contribution in [3.05, 3.63) is 70.6 Å². The lowest BCUT2D eigenvalue weighted by Crippen LogP contribution is -2.36. The number of nitrogens with zero attached hydrogens (tertiary/aromatic N) is 4. The molecule has 4 aromatic rings. The summed E-state index contributed by atoms with van der Waals surface area (Å²) in [6.07, 6.45) is 5.76. The Bertz CT molecular complexity index is 1480.